The van der Waals surface area contributed by atoms with E-state index < -0.39 is 5.82 Å². The maximum atomic E-state index is 13.8. The summed E-state index contributed by atoms with van der Waals surface area (Å²) in [5, 5.41) is 2.82. The van der Waals surface area contributed by atoms with Crippen LogP contribution in [0.15, 0.2) is 22.7 Å². The van der Waals surface area contributed by atoms with Gasteiger partial charge in [0.15, 0.2) is 0 Å². The van der Waals surface area contributed by atoms with Gasteiger partial charge in [-0.3, -0.25) is 4.79 Å². The summed E-state index contributed by atoms with van der Waals surface area (Å²) >= 11 is 3.08. The molecule has 1 aromatic carbocycles. The van der Waals surface area contributed by atoms with Crippen LogP contribution < -0.4 is 5.32 Å². The summed E-state index contributed by atoms with van der Waals surface area (Å²) in [5.74, 6) is -0.871. The van der Waals surface area contributed by atoms with Crippen LogP contribution in [-0.4, -0.2) is 26.2 Å². The third-order valence-electron chi connectivity index (χ3n) is 3.61. The lowest BCUT2D eigenvalue weighted by Gasteiger charge is -2.15. The lowest BCUT2D eigenvalue weighted by molar-refractivity contribution is 0.0933. The van der Waals surface area contributed by atoms with E-state index in [0.29, 0.717) is 17.6 Å². The highest BCUT2D eigenvalue weighted by Crippen LogP contribution is 2.48. The molecule has 0 atom stereocenters. The maximum Gasteiger partial charge on any atom is 0.254 e. The number of rotatable bonds is 6. The Morgan fingerprint density at radius 2 is 2.26 bits per heavy atom. The van der Waals surface area contributed by atoms with Gasteiger partial charge in [0, 0.05) is 20.3 Å². The fourth-order valence-electron chi connectivity index (χ4n) is 2.05. The fraction of sp³-hybridized carbons (Fsp3) is 0.500. The number of benzene rings is 1. The van der Waals surface area contributed by atoms with Gasteiger partial charge >= 0.3 is 0 Å². The summed E-state index contributed by atoms with van der Waals surface area (Å²) in [5.41, 5.74) is 0.241. The van der Waals surface area contributed by atoms with Crippen molar-refractivity contribution in [1.29, 1.82) is 0 Å². The lowest BCUT2D eigenvalue weighted by atomic mass is 10.0. The van der Waals surface area contributed by atoms with E-state index in [1.54, 1.807) is 19.2 Å². The molecule has 0 unspecified atom stereocenters. The van der Waals surface area contributed by atoms with E-state index in [4.69, 9.17) is 4.74 Å². The molecule has 5 heteroatoms. The quantitative estimate of drug-likeness (QED) is 0.870. The Morgan fingerprint density at radius 3 is 2.89 bits per heavy atom. The molecule has 1 amide bonds. The van der Waals surface area contributed by atoms with Gasteiger partial charge in [-0.1, -0.05) is 6.07 Å². The van der Waals surface area contributed by atoms with E-state index in [9.17, 15) is 9.18 Å². The normalized spacial score (nSPS) is 16.2. The van der Waals surface area contributed by atoms with Crippen molar-refractivity contribution < 1.29 is 13.9 Å². The van der Waals surface area contributed by atoms with Gasteiger partial charge in [-0.05, 0) is 52.7 Å². The van der Waals surface area contributed by atoms with Gasteiger partial charge in [0.05, 0.1) is 10.0 Å². The Balaban J connectivity index is 1.93. The summed E-state index contributed by atoms with van der Waals surface area (Å²) < 4.78 is 19.1. The molecule has 1 N–H and O–H groups in total. The Labute approximate surface area is 120 Å². The van der Waals surface area contributed by atoms with Crippen LogP contribution >= 0.6 is 15.9 Å². The summed E-state index contributed by atoms with van der Waals surface area (Å²) in [6.07, 6.45) is 3.12. The van der Waals surface area contributed by atoms with Crippen LogP contribution in [0.2, 0.25) is 0 Å². The molecule has 0 radical (unpaired) electrons. The minimum atomic E-state index is -0.512. The smallest absolute Gasteiger partial charge is 0.254 e. The standard InChI is InChI=1S/C14H17BrFNO2/c1-19-8-7-14(5-6-14)9-17-13(18)10-3-2-4-11(15)12(10)16/h2-4H,5-9H2,1H3,(H,17,18). The SMILES string of the molecule is COCCC1(CNC(=O)c2cccc(Br)c2F)CC1. The van der Waals surface area contributed by atoms with Crippen molar-refractivity contribution in [3.63, 3.8) is 0 Å². The molecule has 19 heavy (non-hydrogen) atoms. The highest BCUT2D eigenvalue weighted by molar-refractivity contribution is 9.10. The average molecular weight is 330 g/mol. The molecular weight excluding hydrogens is 313 g/mol. The number of nitrogens with one attached hydrogen (secondary N) is 1. The molecule has 0 aromatic heterocycles. The number of carbonyl (C=O) groups excluding carboxylic acids is 1. The summed E-state index contributed by atoms with van der Waals surface area (Å²) in [7, 11) is 1.67. The molecule has 1 aliphatic rings. The van der Waals surface area contributed by atoms with Crippen molar-refractivity contribution in [3.05, 3.63) is 34.1 Å². The lowest BCUT2D eigenvalue weighted by Crippen LogP contribution is -2.31. The van der Waals surface area contributed by atoms with Gasteiger partial charge in [-0.25, -0.2) is 4.39 Å². The molecule has 1 aromatic rings. The van der Waals surface area contributed by atoms with Crippen LogP contribution in [0.4, 0.5) is 4.39 Å². The first-order valence-electron chi connectivity index (χ1n) is 6.29. The third kappa shape index (κ3) is 3.54. The summed E-state index contributed by atoms with van der Waals surface area (Å²) in [4.78, 5) is 12.0. The van der Waals surface area contributed by atoms with Crippen LogP contribution in [0.3, 0.4) is 0 Å². The molecule has 1 fully saturated rings. The van der Waals surface area contributed by atoms with Crippen LogP contribution in [0.5, 0.6) is 0 Å². The number of methoxy groups -OCH3 is 1. The van der Waals surface area contributed by atoms with E-state index in [1.807, 2.05) is 0 Å². The minimum Gasteiger partial charge on any atom is -0.385 e. The molecule has 0 saturated heterocycles. The van der Waals surface area contributed by atoms with Crippen LogP contribution in [0, 0.1) is 11.2 Å². The van der Waals surface area contributed by atoms with E-state index in [1.165, 1.54) is 6.07 Å². The largest absolute Gasteiger partial charge is 0.385 e. The van der Waals surface area contributed by atoms with Gasteiger partial charge < -0.3 is 10.1 Å². The molecule has 2 rings (SSSR count). The first-order chi connectivity index (χ1) is 9.08. The van der Waals surface area contributed by atoms with Gasteiger partial charge in [0.2, 0.25) is 0 Å². The van der Waals surface area contributed by atoms with Gasteiger partial charge in [0.25, 0.3) is 5.91 Å². The van der Waals surface area contributed by atoms with Crippen molar-refractivity contribution in [2.24, 2.45) is 5.41 Å². The second-order valence-electron chi connectivity index (χ2n) is 5.03. The Morgan fingerprint density at radius 1 is 1.53 bits per heavy atom. The van der Waals surface area contributed by atoms with E-state index >= 15 is 0 Å². The average Bonchev–Trinajstić information content (AvgIpc) is 3.17. The molecule has 0 aliphatic heterocycles. The predicted molar refractivity (Wildman–Crippen MR) is 74.6 cm³/mol. The van der Waals surface area contributed by atoms with Crippen molar-refractivity contribution in [3.8, 4) is 0 Å². The molecule has 1 aliphatic carbocycles. The zero-order valence-corrected chi connectivity index (χ0v) is 12.4. The molecule has 104 valence electrons. The second kappa shape index (κ2) is 6.01. The first kappa shape index (κ1) is 14.5. The monoisotopic (exact) mass is 329 g/mol. The number of halogens is 2. The second-order valence-corrected chi connectivity index (χ2v) is 5.88. The van der Waals surface area contributed by atoms with Gasteiger partial charge in [0.1, 0.15) is 5.82 Å². The summed E-state index contributed by atoms with van der Waals surface area (Å²) in [6.45, 7) is 1.28. The highest BCUT2D eigenvalue weighted by atomic mass is 79.9. The van der Waals surface area contributed by atoms with Crippen molar-refractivity contribution >= 4 is 21.8 Å². The van der Waals surface area contributed by atoms with Crippen molar-refractivity contribution in [2.45, 2.75) is 19.3 Å². The molecule has 0 heterocycles. The maximum absolute atomic E-state index is 13.8. The zero-order valence-electron chi connectivity index (χ0n) is 10.8. The van der Waals surface area contributed by atoms with Crippen molar-refractivity contribution in [1.82, 2.24) is 5.32 Å². The number of carbonyl (C=O) groups is 1. The number of ether oxygens (including phenoxy) is 1. The van der Waals surface area contributed by atoms with Gasteiger partial charge in [-0.15, -0.1) is 0 Å². The first-order valence-corrected chi connectivity index (χ1v) is 7.08. The Kier molecular flexibility index (Phi) is 4.58. The molecule has 0 bridgehead atoms. The Bertz CT molecular complexity index is 475. The van der Waals surface area contributed by atoms with Crippen LogP contribution in [-0.2, 0) is 4.74 Å². The number of hydrogen-bond donors (Lipinski definition) is 1. The van der Waals surface area contributed by atoms with Crippen LogP contribution in [0.25, 0.3) is 0 Å². The van der Waals surface area contributed by atoms with Crippen LogP contribution in [0.1, 0.15) is 29.6 Å². The fourth-order valence-corrected chi connectivity index (χ4v) is 2.42. The molecular formula is C14H17BrFNO2. The minimum absolute atomic E-state index is 0.0805. The predicted octanol–water partition coefficient (Wildman–Crippen LogP) is 3.13. The summed E-state index contributed by atoms with van der Waals surface area (Å²) in [6, 6.07) is 4.72. The van der Waals surface area contributed by atoms with E-state index in [0.717, 1.165) is 19.3 Å². The molecule has 1 saturated carbocycles. The van der Waals surface area contributed by atoms with Gasteiger partial charge in [-0.2, -0.15) is 0 Å². The number of hydrogen-bond acceptors (Lipinski definition) is 2. The highest BCUT2D eigenvalue weighted by Gasteiger charge is 2.42. The third-order valence-corrected chi connectivity index (χ3v) is 4.23. The zero-order chi connectivity index (χ0) is 13.9. The topological polar surface area (TPSA) is 38.3 Å². The van der Waals surface area contributed by atoms with E-state index in [-0.39, 0.29) is 16.9 Å². The Hall–Kier alpha value is -0.940. The molecule has 0 spiro atoms. The molecule has 3 nitrogen and oxygen atoms in total. The number of amides is 1. The van der Waals surface area contributed by atoms with E-state index in [2.05, 4.69) is 21.2 Å². The van der Waals surface area contributed by atoms with Crippen molar-refractivity contribution in [2.75, 3.05) is 20.3 Å².